The predicted octanol–water partition coefficient (Wildman–Crippen LogP) is 10.8. The van der Waals surface area contributed by atoms with Crippen LogP contribution in [0.1, 0.15) is 29.9 Å². The van der Waals surface area contributed by atoms with Crippen LogP contribution in [0.2, 0.25) is 0 Å². The molecule has 3 nitrogen and oxygen atoms in total. The van der Waals surface area contributed by atoms with Gasteiger partial charge in [0.1, 0.15) is 17.7 Å². The molecule has 8 rings (SSSR count). The molecule has 1 aromatic heterocycles. The SMILES string of the molecule is CC1(C)c2ccccc2-c2ccc(N3c4ccccc4-c4cccc5c(-c6ccc(C=C(C#N)C#N)s6)ccc3c45)cc21. The first-order valence-electron chi connectivity index (χ1n) is 14.3. The van der Waals surface area contributed by atoms with Gasteiger partial charge >= 0.3 is 0 Å². The van der Waals surface area contributed by atoms with Crippen LogP contribution in [0.15, 0.2) is 115 Å². The van der Waals surface area contributed by atoms with Crippen LogP contribution in [-0.2, 0) is 5.41 Å². The molecule has 0 bridgehead atoms. The van der Waals surface area contributed by atoms with E-state index in [0.29, 0.717) is 0 Å². The molecule has 1 aliphatic heterocycles. The molecule has 0 saturated heterocycles. The average molecular weight is 568 g/mol. The molecule has 6 aromatic rings. The number of nitrogens with zero attached hydrogens (tertiary/aromatic N) is 3. The summed E-state index contributed by atoms with van der Waals surface area (Å²) in [7, 11) is 0. The van der Waals surface area contributed by atoms with E-state index in [1.54, 1.807) is 17.4 Å². The summed E-state index contributed by atoms with van der Waals surface area (Å²) in [4.78, 5) is 4.41. The minimum absolute atomic E-state index is 0.0867. The quantitative estimate of drug-likeness (QED) is 0.200. The molecule has 0 fully saturated rings. The van der Waals surface area contributed by atoms with Crippen molar-refractivity contribution >= 4 is 45.2 Å². The van der Waals surface area contributed by atoms with Crippen molar-refractivity contribution in [2.45, 2.75) is 19.3 Å². The average Bonchev–Trinajstić information content (AvgIpc) is 3.60. The van der Waals surface area contributed by atoms with Crippen molar-refractivity contribution in [3.63, 3.8) is 0 Å². The molecular weight excluding hydrogens is 543 g/mol. The highest BCUT2D eigenvalue weighted by Crippen LogP contribution is 2.55. The van der Waals surface area contributed by atoms with Gasteiger partial charge in [-0.2, -0.15) is 10.5 Å². The van der Waals surface area contributed by atoms with Crippen LogP contribution in [0.3, 0.4) is 0 Å². The lowest BCUT2D eigenvalue weighted by molar-refractivity contribution is 0.660. The van der Waals surface area contributed by atoms with E-state index < -0.39 is 0 Å². The fraction of sp³-hybridized carbons (Fsp3) is 0.0769. The van der Waals surface area contributed by atoms with Crippen LogP contribution in [0.5, 0.6) is 0 Å². The van der Waals surface area contributed by atoms with Gasteiger partial charge < -0.3 is 4.90 Å². The fourth-order valence-corrected chi connectivity index (χ4v) is 7.95. The molecule has 0 N–H and O–H groups in total. The molecule has 4 heteroatoms. The Morgan fingerprint density at radius 2 is 1.40 bits per heavy atom. The lowest BCUT2D eigenvalue weighted by Gasteiger charge is -2.34. The molecule has 0 spiro atoms. The number of para-hydroxylation sites is 1. The molecule has 5 aromatic carbocycles. The highest BCUT2D eigenvalue weighted by atomic mass is 32.1. The van der Waals surface area contributed by atoms with Gasteiger partial charge in [0.2, 0.25) is 0 Å². The molecule has 2 aliphatic rings. The van der Waals surface area contributed by atoms with E-state index in [1.807, 2.05) is 18.2 Å². The zero-order chi connectivity index (χ0) is 29.3. The van der Waals surface area contributed by atoms with E-state index in [1.165, 1.54) is 49.8 Å². The first kappa shape index (κ1) is 25.3. The summed E-state index contributed by atoms with van der Waals surface area (Å²) in [6.07, 6.45) is 1.66. The van der Waals surface area contributed by atoms with E-state index in [-0.39, 0.29) is 11.0 Å². The van der Waals surface area contributed by atoms with Crippen molar-refractivity contribution in [2.24, 2.45) is 0 Å². The molecule has 2 heterocycles. The predicted molar refractivity (Wildman–Crippen MR) is 178 cm³/mol. The van der Waals surface area contributed by atoms with Crippen molar-refractivity contribution in [1.29, 1.82) is 10.5 Å². The minimum Gasteiger partial charge on any atom is -0.309 e. The van der Waals surface area contributed by atoms with Crippen molar-refractivity contribution in [1.82, 2.24) is 0 Å². The number of hydrogen-bond donors (Lipinski definition) is 0. The summed E-state index contributed by atoms with van der Waals surface area (Å²) in [5, 5.41) is 20.9. The molecule has 0 atom stereocenters. The van der Waals surface area contributed by atoms with Gasteiger partial charge in [-0.1, -0.05) is 86.6 Å². The number of fused-ring (bicyclic) bond motifs is 5. The second-order valence-corrected chi connectivity index (χ2v) is 12.7. The standard InChI is InChI=1S/C39H25N3S/c1-39(2)33-12-5-3-8-27(33)28-16-14-25(21-34(28)39)42-35-13-6-4-9-29(35)31-10-7-11-32-30(17-18-36(42)38(31)32)37-19-15-26(43-37)20-24(22-40)23-41/h3-21H,1-2H3. The van der Waals surface area contributed by atoms with Gasteiger partial charge in [-0.15, -0.1) is 11.3 Å². The van der Waals surface area contributed by atoms with Crippen LogP contribution in [0.4, 0.5) is 17.1 Å². The highest BCUT2D eigenvalue weighted by Gasteiger charge is 2.36. The zero-order valence-electron chi connectivity index (χ0n) is 23.7. The summed E-state index contributed by atoms with van der Waals surface area (Å²) in [6, 6.07) is 43.4. The van der Waals surface area contributed by atoms with Crippen LogP contribution < -0.4 is 4.90 Å². The Bertz CT molecular complexity index is 2240. The van der Waals surface area contributed by atoms with E-state index in [0.717, 1.165) is 26.7 Å². The second-order valence-electron chi connectivity index (χ2n) is 11.6. The number of rotatable bonds is 3. The summed E-state index contributed by atoms with van der Waals surface area (Å²) in [5.41, 5.74) is 12.5. The number of benzene rings is 5. The van der Waals surface area contributed by atoms with Crippen LogP contribution >= 0.6 is 11.3 Å². The van der Waals surface area contributed by atoms with Crippen molar-refractivity contribution in [2.75, 3.05) is 4.90 Å². The van der Waals surface area contributed by atoms with Crippen molar-refractivity contribution in [3.05, 3.63) is 131 Å². The maximum absolute atomic E-state index is 9.23. The van der Waals surface area contributed by atoms with Crippen LogP contribution in [0, 0.1) is 22.7 Å². The van der Waals surface area contributed by atoms with Crippen LogP contribution in [0.25, 0.3) is 49.5 Å². The molecule has 202 valence electrons. The van der Waals surface area contributed by atoms with Gasteiger partial charge in [-0.3, -0.25) is 0 Å². The molecule has 43 heavy (non-hydrogen) atoms. The Kier molecular flexibility index (Phi) is 5.47. The summed E-state index contributed by atoms with van der Waals surface area (Å²) in [6.45, 7) is 4.66. The van der Waals surface area contributed by atoms with Crippen molar-refractivity contribution < 1.29 is 0 Å². The number of nitriles is 2. The Morgan fingerprint density at radius 3 is 2.23 bits per heavy atom. The lowest BCUT2D eigenvalue weighted by Crippen LogP contribution is -2.18. The Hall–Kier alpha value is -5.42. The smallest absolute Gasteiger partial charge is 0.131 e. The maximum atomic E-state index is 9.23. The topological polar surface area (TPSA) is 50.8 Å². The third kappa shape index (κ3) is 3.64. The van der Waals surface area contributed by atoms with Gasteiger partial charge in [0.05, 0.1) is 11.4 Å². The van der Waals surface area contributed by atoms with Gasteiger partial charge in [0.15, 0.2) is 0 Å². The number of anilines is 3. The van der Waals surface area contributed by atoms with Gasteiger partial charge in [0.25, 0.3) is 0 Å². The molecule has 0 saturated carbocycles. The third-order valence-corrected chi connectivity index (χ3v) is 10.0. The van der Waals surface area contributed by atoms with Crippen LogP contribution in [-0.4, -0.2) is 0 Å². The largest absolute Gasteiger partial charge is 0.309 e. The molecular formula is C39H25N3S. The third-order valence-electron chi connectivity index (χ3n) is 8.94. The Labute approximate surface area is 254 Å². The van der Waals surface area contributed by atoms with Gasteiger partial charge in [-0.05, 0) is 81.2 Å². The number of hydrogen-bond acceptors (Lipinski definition) is 4. The minimum atomic E-state index is -0.0867. The zero-order valence-corrected chi connectivity index (χ0v) is 24.5. The first-order valence-corrected chi connectivity index (χ1v) is 15.1. The monoisotopic (exact) mass is 567 g/mol. The first-order chi connectivity index (χ1) is 21.0. The van der Waals surface area contributed by atoms with Gasteiger partial charge in [-0.25, -0.2) is 0 Å². The van der Waals surface area contributed by atoms with Gasteiger partial charge in [0, 0.05) is 31.8 Å². The maximum Gasteiger partial charge on any atom is 0.131 e. The summed E-state index contributed by atoms with van der Waals surface area (Å²) >= 11 is 1.60. The number of thiophene rings is 1. The number of allylic oxidation sites excluding steroid dienone is 1. The van der Waals surface area contributed by atoms with E-state index in [2.05, 4.69) is 122 Å². The molecule has 0 radical (unpaired) electrons. The highest BCUT2D eigenvalue weighted by molar-refractivity contribution is 7.16. The second kappa shape index (κ2) is 9.30. The van der Waals surface area contributed by atoms with E-state index in [9.17, 15) is 10.5 Å². The normalized spacial score (nSPS) is 13.4. The van der Waals surface area contributed by atoms with Crippen molar-refractivity contribution in [3.8, 4) is 44.8 Å². The summed E-state index contributed by atoms with van der Waals surface area (Å²) in [5.74, 6) is 0. The Balaban J connectivity index is 1.34. The lowest BCUT2D eigenvalue weighted by atomic mass is 9.82. The van der Waals surface area contributed by atoms with E-state index >= 15 is 0 Å². The summed E-state index contributed by atoms with van der Waals surface area (Å²) < 4.78 is 0. The van der Waals surface area contributed by atoms with E-state index in [4.69, 9.17) is 0 Å². The molecule has 0 unspecified atom stereocenters. The Morgan fingerprint density at radius 1 is 0.674 bits per heavy atom. The fourth-order valence-electron chi connectivity index (χ4n) is 6.96. The molecule has 0 amide bonds. The molecule has 1 aliphatic carbocycles.